The molecule has 1 amide bonds. The lowest BCUT2D eigenvalue weighted by molar-refractivity contribution is -0.120. The SMILES string of the molecule is CSC1(CNCC(=O)NCc2ccccc2)CCCC1. The average Bonchev–Trinajstić information content (AvgIpc) is 2.96. The van der Waals surface area contributed by atoms with Crippen LogP contribution in [0.25, 0.3) is 0 Å². The molecular weight excluding hydrogens is 268 g/mol. The smallest absolute Gasteiger partial charge is 0.234 e. The summed E-state index contributed by atoms with van der Waals surface area (Å²) in [5.41, 5.74) is 1.14. The van der Waals surface area contributed by atoms with Gasteiger partial charge in [-0.25, -0.2) is 0 Å². The van der Waals surface area contributed by atoms with Crippen LogP contribution in [0.15, 0.2) is 30.3 Å². The molecule has 110 valence electrons. The summed E-state index contributed by atoms with van der Waals surface area (Å²) < 4.78 is 0.361. The Morgan fingerprint density at radius 3 is 2.60 bits per heavy atom. The van der Waals surface area contributed by atoms with E-state index < -0.39 is 0 Å². The molecule has 0 bridgehead atoms. The quantitative estimate of drug-likeness (QED) is 0.811. The lowest BCUT2D eigenvalue weighted by atomic mass is 10.1. The van der Waals surface area contributed by atoms with Crippen LogP contribution in [-0.2, 0) is 11.3 Å². The largest absolute Gasteiger partial charge is 0.351 e. The van der Waals surface area contributed by atoms with Crippen LogP contribution in [0.4, 0.5) is 0 Å². The Morgan fingerprint density at radius 1 is 1.25 bits per heavy atom. The molecule has 20 heavy (non-hydrogen) atoms. The molecule has 1 aliphatic carbocycles. The van der Waals surface area contributed by atoms with Crippen molar-refractivity contribution in [3.05, 3.63) is 35.9 Å². The minimum absolute atomic E-state index is 0.0723. The minimum Gasteiger partial charge on any atom is -0.351 e. The van der Waals surface area contributed by atoms with Crippen LogP contribution in [-0.4, -0.2) is 30.0 Å². The number of rotatable bonds is 7. The molecular formula is C16H24N2OS. The molecule has 1 aromatic carbocycles. The van der Waals surface area contributed by atoms with E-state index in [0.29, 0.717) is 17.8 Å². The predicted octanol–water partition coefficient (Wildman–Crippen LogP) is 2.57. The number of carbonyl (C=O) groups is 1. The number of hydrogen-bond acceptors (Lipinski definition) is 3. The van der Waals surface area contributed by atoms with Gasteiger partial charge in [0.25, 0.3) is 0 Å². The molecule has 1 aliphatic rings. The van der Waals surface area contributed by atoms with Gasteiger partial charge in [0, 0.05) is 17.8 Å². The molecule has 0 spiro atoms. The number of carbonyl (C=O) groups excluding carboxylic acids is 1. The summed E-state index contributed by atoms with van der Waals surface area (Å²) in [7, 11) is 0. The zero-order valence-corrected chi connectivity index (χ0v) is 13.0. The number of hydrogen-bond donors (Lipinski definition) is 2. The van der Waals surface area contributed by atoms with Crippen molar-refractivity contribution >= 4 is 17.7 Å². The lowest BCUT2D eigenvalue weighted by Crippen LogP contribution is -2.40. The van der Waals surface area contributed by atoms with Crippen LogP contribution in [0.3, 0.4) is 0 Å². The van der Waals surface area contributed by atoms with Crippen LogP contribution in [0.2, 0.25) is 0 Å². The van der Waals surface area contributed by atoms with Crippen molar-refractivity contribution in [2.45, 2.75) is 37.0 Å². The van der Waals surface area contributed by atoms with Crippen LogP contribution in [0, 0.1) is 0 Å². The topological polar surface area (TPSA) is 41.1 Å². The third kappa shape index (κ3) is 4.53. The van der Waals surface area contributed by atoms with E-state index in [-0.39, 0.29) is 5.91 Å². The van der Waals surface area contributed by atoms with Crippen molar-refractivity contribution in [1.82, 2.24) is 10.6 Å². The second-order valence-corrected chi connectivity index (χ2v) is 6.73. The highest BCUT2D eigenvalue weighted by Crippen LogP contribution is 2.39. The molecule has 0 heterocycles. The van der Waals surface area contributed by atoms with Crippen molar-refractivity contribution in [3.63, 3.8) is 0 Å². The van der Waals surface area contributed by atoms with Gasteiger partial charge < -0.3 is 10.6 Å². The summed E-state index contributed by atoms with van der Waals surface area (Å²) in [6.45, 7) is 1.96. The first-order valence-corrected chi connectivity index (χ1v) is 8.53. The van der Waals surface area contributed by atoms with Gasteiger partial charge in [-0.1, -0.05) is 43.2 Å². The van der Waals surface area contributed by atoms with E-state index in [4.69, 9.17) is 0 Å². The number of benzene rings is 1. The van der Waals surface area contributed by atoms with Crippen molar-refractivity contribution in [3.8, 4) is 0 Å². The van der Waals surface area contributed by atoms with Crippen molar-refractivity contribution in [2.75, 3.05) is 19.3 Å². The molecule has 0 saturated heterocycles. The molecule has 2 rings (SSSR count). The van der Waals surface area contributed by atoms with E-state index in [1.165, 1.54) is 25.7 Å². The van der Waals surface area contributed by atoms with Crippen molar-refractivity contribution < 1.29 is 4.79 Å². The Bertz CT molecular complexity index is 416. The molecule has 0 aromatic heterocycles. The molecule has 0 unspecified atom stereocenters. The van der Waals surface area contributed by atoms with Gasteiger partial charge >= 0.3 is 0 Å². The average molecular weight is 292 g/mol. The standard InChI is InChI=1S/C16H24N2OS/c1-20-16(9-5-6-10-16)13-17-12-15(19)18-11-14-7-3-2-4-8-14/h2-4,7-8,17H,5-6,9-13H2,1H3,(H,18,19). The third-order valence-electron chi connectivity index (χ3n) is 4.01. The maximum absolute atomic E-state index is 11.8. The molecule has 1 fully saturated rings. The first kappa shape index (κ1) is 15.4. The summed E-state index contributed by atoms with van der Waals surface area (Å²) in [5.74, 6) is 0.0723. The zero-order chi connectivity index (χ0) is 14.3. The van der Waals surface area contributed by atoms with Crippen molar-refractivity contribution in [1.29, 1.82) is 0 Å². The van der Waals surface area contributed by atoms with E-state index in [1.54, 1.807) is 0 Å². The highest BCUT2D eigenvalue weighted by molar-refractivity contribution is 8.00. The fourth-order valence-electron chi connectivity index (χ4n) is 2.74. The first-order chi connectivity index (χ1) is 9.74. The normalized spacial score (nSPS) is 17.1. The Kier molecular flexibility index (Phi) is 5.92. The van der Waals surface area contributed by atoms with Crippen LogP contribution >= 0.6 is 11.8 Å². The molecule has 1 aromatic rings. The van der Waals surface area contributed by atoms with Gasteiger partial charge in [0.15, 0.2) is 0 Å². The van der Waals surface area contributed by atoms with E-state index >= 15 is 0 Å². The fourth-order valence-corrected chi connectivity index (χ4v) is 3.68. The summed E-state index contributed by atoms with van der Waals surface area (Å²) in [6.07, 6.45) is 7.37. The van der Waals surface area contributed by atoms with Crippen molar-refractivity contribution in [2.24, 2.45) is 0 Å². The van der Waals surface area contributed by atoms with Gasteiger partial charge in [0.1, 0.15) is 0 Å². The predicted molar refractivity (Wildman–Crippen MR) is 85.9 cm³/mol. The van der Waals surface area contributed by atoms with Crippen LogP contribution in [0.1, 0.15) is 31.2 Å². The Balaban J connectivity index is 1.65. The highest BCUT2D eigenvalue weighted by atomic mass is 32.2. The summed E-state index contributed by atoms with van der Waals surface area (Å²) >= 11 is 1.95. The second-order valence-electron chi connectivity index (χ2n) is 5.46. The molecule has 0 atom stereocenters. The molecule has 0 radical (unpaired) electrons. The fraction of sp³-hybridized carbons (Fsp3) is 0.562. The molecule has 0 aliphatic heterocycles. The van der Waals surface area contributed by atoms with E-state index in [0.717, 1.165) is 12.1 Å². The van der Waals surface area contributed by atoms with Gasteiger partial charge in [-0.15, -0.1) is 0 Å². The first-order valence-electron chi connectivity index (χ1n) is 7.31. The Labute approximate surface area is 125 Å². The zero-order valence-electron chi connectivity index (χ0n) is 12.2. The minimum atomic E-state index is 0.0723. The number of nitrogens with one attached hydrogen (secondary N) is 2. The highest BCUT2D eigenvalue weighted by Gasteiger charge is 2.32. The summed E-state index contributed by atoms with van der Waals surface area (Å²) in [4.78, 5) is 11.8. The molecule has 3 nitrogen and oxygen atoms in total. The van der Waals surface area contributed by atoms with Gasteiger partial charge in [-0.3, -0.25) is 4.79 Å². The maximum atomic E-state index is 11.8. The molecule has 4 heteroatoms. The second kappa shape index (κ2) is 7.70. The van der Waals surface area contributed by atoms with E-state index in [9.17, 15) is 4.79 Å². The van der Waals surface area contributed by atoms with E-state index in [1.807, 2.05) is 42.1 Å². The van der Waals surface area contributed by atoms with Gasteiger partial charge in [-0.05, 0) is 24.7 Å². The van der Waals surface area contributed by atoms with Gasteiger partial charge in [-0.2, -0.15) is 11.8 Å². The lowest BCUT2D eigenvalue weighted by Gasteiger charge is -2.26. The number of amides is 1. The molecule has 2 N–H and O–H groups in total. The maximum Gasteiger partial charge on any atom is 0.234 e. The third-order valence-corrected chi connectivity index (χ3v) is 5.43. The summed E-state index contributed by atoms with van der Waals surface area (Å²) in [5, 5.41) is 6.27. The van der Waals surface area contributed by atoms with Gasteiger partial charge in [0.05, 0.1) is 6.54 Å². The van der Waals surface area contributed by atoms with Gasteiger partial charge in [0.2, 0.25) is 5.91 Å². The van der Waals surface area contributed by atoms with E-state index in [2.05, 4.69) is 16.9 Å². The Hall–Kier alpha value is -1.00. The van der Waals surface area contributed by atoms with Crippen LogP contribution < -0.4 is 10.6 Å². The number of thioether (sulfide) groups is 1. The molecule has 1 saturated carbocycles. The monoisotopic (exact) mass is 292 g/mol. The summed E-state index contributed by atoms with van der Waals surface area (Å²) in [6, 6.07) is 10.0. The van der Waals surface area contributed by atoms with Crippen LogP contribution in [0.5, 0.6) is 0 Å². The Morgan fingerprint density at radius 2 is 1.95 bits per heavy atom.